The van der Waals surface area contributed by atoms with E-state index in [0.717, 1.165) is 16.3 Å². The summed E-state index contributed by atoms with van der Waals surface area (Å²) in [4.78, 5) is 29.1. The molecule has 0 unspecified atom stereocenters. The number of ether oxygens (including phenoxy) is 1. The molecule has 0 radical (unpaired) electrons. The first-order valence-corrected chi connectivity index (χ1v) is 9.92. The third-order valence-corrected chi connectivity index (χ3v) is 4.81. The number of carbonyl (C=O) groups excluding carboxylic acids is 2. The predicted molar refractivity (Wildman–Crippen MR) is 116 cm³/mol. The molecular formula is C21H22N4O3S. The lowest BCUT2D eigenvalue weighted by Crippen LogP contribution is -2.34. The highest BCUT2D eigenvalue weighted by molar-refractivity contribution is 7.13. The average molecular weight is 410 g/mol. The van der Waals surface area contributed by atoms with Crippen LogP contribution in [0.5, 0.6) is 5.75 Å². The maximum Gasteiger partial charge on any atom is 0.319 e. The van der Waals surface area contributed by atoms with Gasteiger partial charge in [0.1, 0.15) is 16.5 Å². The lowest BCUT2D eigenvalue weighted by molar-refractivity contribution is 0.102. The smallest absolute Gasteiger partial charge is 0.319 e. The summed E-state index contributed by atoms with van der Waals surface area (Å²) >= 11 is 1.38. The van der Waals surface area contributed by atoms with Crippen LogP contribution in [0.2, 0.25) is 0 Å². The highest BCUT2D eigenvalue weighted by Gasteiger charge is 2.15. The number of carbonyl (C=O) groups is 2. The topological polar surface area (TPSA) is 92.3 Å². The molecule has 29 heavy (non-hydrogen) atoms. The van der Waals surface area contributed by atoms with Crippen molar-refractivity contribution in [3.8, 4) is 16.3 Å². The zero-order chi connectivity index (χ0) is 20.8. The van der Waals surface area contributed by atoms with E-state index in [-0.39, 0.29) is 18.0 Å². The first-order chi connectivity index (χ1) is 14.0. The van der Waals surface area contributed by atoms with Crippen molar-refractivity contribution in [2.24, 2.45) is 0 Å². The van der Waals surface area contributed by atoms with Crippen LogP contribution in [0, 0.1) is 0 Å². The highest BCUT2D eigenvalue weighted by Crippen LogP contribution is 2.27. The number of aromatic nitrogens is 1. The maximum atomic E-state index is 12.7. The van der Waals surface area contributed by atoms with Crippen LogP contribution in [0.1, 0.15) is 24.3 Å². The molecule has 3 N–H and O–H groups in total. The quantitative estimate of drug-likeness (QED) is 0.554. The van der Waals surface area contributed by atoms with E-state index in [2.05, 4.69) is 20.9 Å². The fourth-order valence-electron chi connectivity index (χ4n) is 2.55. The van der Waals surface area contributed by atoms with Crippen LogP contribution in [0.25, 0.3) is 10.6 Å². The molecule has 0 aliphatic heterocycles. The molecule has 1 heterocycles. The van der Waals surface area contributed by atoms with E-state index in [4.69, 9.17) is 4.74 Å². The Labute approximate surface area is 173 Å². The van der Waals surface area contributed by atoms with E-state index < -0.39 is 0 Å². The van der Waals surface area contributed by atoms with Crippen LogP contribution in [0.4, 0.5) is 16.2 Å². The van der Waals surface area contributed by atoms with Crippen molar-refractivity contribution in [1.82, 2.24) is 10.3 Å². The molecule has 0 aliphatic rings. The molecule has 0 spiro atoms. The van der Waals surface area contributed by atoms with Crippen molar-refractivity contribution in [1.29, 1.82) is 0 Å². The molecule has 0 saturated carbocycles. The number of nitrogens with one attached hydrogen (secondary N) is 3. The minimum Gasteiger partial charge on any atom is -0.497 e. The summed E-state index contributed by atoms with van der Waals surface area (Å²) in [6.07, 6.45) is 0. The molecule has 0 bridgehead atoms. The number of amides is 3. The maximum absolute atomic E-state index is 12.7. The van der Waals surface area contributed by atoms with Crippen molar-refractivity contribution in [3.05, 3.63) is 59.6 Å². The second kappa shape index (κ2) is 9.20. The van der Waals surface area contributed by atoms with E-state index in [9.17, 15) is 9.59 Å². The van der Waals surface area contributed by atoms with Crippen LogP contribution in [0.15, 0.2) is 53.9 Å². The van der Waals surface area contributed by atoms with E-state index in [0.29, 0.717) is 17.1 Å². The third kappa shape index (κ3) is 5.32. The number of thiazole rings is 1. The van der Waals surface area contributed by atoms with Crippen LogP contribution < -0.4 is 20.7 Å². The standard InChI is InChI=1S/C21H22N4O3S/c1-13(2)22-21(27)25-17-7-5-4-6-16(17)23-19(26)18-12-29-20(24-18)14-8-10-15(28-3)11-9-14/h4-13H,1-3H3,(H,23,26)(H2,22,25,27). The Kier molecular flexibility index (Phi) is 6.46. The van der Waals surface area contributed by atoms with Gasteiger partial charge < -0.3 is 20.7 Å². The van der Waals surface area contributed by atoms with E-state index in [1.807, 2.05) is 38.1 Å². The number of hydrogen-bond donors (Lipinski definition) is 3. The molecular weight excluding hydrogens is 388 g/mol. The molecule has 0 atom stereocenters. The molecule has 0 saturated heterocycles. The molecule has 8 heteroatoms. The summed E-state index contributed by atoms with van der Waals surface area (Å²) in [5, 5.41) is 10.7. The Hall–Kier alpha value is -3.39. The Balaban J connectivity index is 1.72. The molecule has 3 amide bonds. The molecule has 2 aromatic carbocycles. The first kappa shape index (κ1) is 20.3. The number of hydrogen-bond acceptors (Lipinski definition) is 5. The molecule has 3 rings (SSSR count). The Morgan fingerprint density at radius 1 is 1.00 bits per heavy atom. The number of nitrogens with zero attached hydrogens (tertiary/aromatic N) is 1. The van der Waals surface area contributed by atoms with Gasteiger partial charge >= 0.3 is 6.03 Å². The number of anilines is 2. The van der Waals surface area contributed by atoms with Crippen LogP contribution >= 0.6 is 11.3 Å². The molecule has 1 aromatic heterocycles. The molecule has 0 fully saturated rings. The zero-order valence-electron chi connectivity index (χ0n) is 16.4. The number of urea groups is 1. The van der Waals surface area contributed by atoms with Gasteiger partial charge in [0.15, 0.2) is 0 Å². The third-order valence-electron chi connectivity index (χ3n) is 3.92. The van der Waals surface area contributed by atoms with Gasteiger partial charge in [0.05, 0.1) is 18.5 Å². The normalized spacial score (nSPS) is 10.5. The lowest BCUT2D eigenvalue weighted by Gasteiger charge is -2.13. The summed E-state index contributed by atoms with van der Waals surface area (Å²) in [5.41, 5.74) is 2.21. The van der Waals surface area contributed by atoms with Crippen molar-refractivity contribution in [3.63, 3.8) is 0 Å². The van der Waals surface area contributed by atoms with E-state index in [1.165, 1.54) is 11.3 Å². The first-order valence-electron chi connectivity index (χ1n) is 9.04. The summed E-state index contributed by atoms with van der Waals surface area (Å²) in [5.74, 6) is 0.411. The largest absolute Gasteiger partial charge is 0.497 e. The SMILES string of the molecule is COc1ccc(-c2nc(C(=O)Nc3ccccc3NC(=O)NC(C)C)cs2)cc1. The molecule has 3 aromatic rings. The Morgan fingerprint density at radius 2 is 1.66 bits per heavy atom. The van der Waals surface area contributed by atoms with Gasteiger partial charge in [-0.15, -0.1) is 11.3 Å². The minimum atomic E-state index is -0.348. The molecule has 150 valence electrons. The number of para-hydroxylation sites is 2. The van der Waals surface area contributed by atoms with Gasteiger partial charge in [0.25, 0.3) is 5.91 Å². The second-order valence-electron chi connectivity index (χ2n) is 6.52. The van der Waals surface area contributed by atoms with Crippen molar-refractivity contribution in [2.45, 2.75) is 19.9 Å². The van der Waals surface area contributed by atoms with Gasteiger partial charge in [0, 0.05) is 17.0 Å². The zero-order valence-corrected chi connectivity index (χ0v) is 17.2. The van der Waals surface area contributed by atoms with Gasteiger partial charge in [0.2, 0.25) is 0 Å². The van der Waals surface area contributed by atoms with Gasteiger partial charge in [-0.1, -0.05) is 12.1 Å². The van der Waals surface area contributed by atoms with Crippen LogP contribution in [-0.4, -0.2) is 30.1 Å². The predicted octanol–water partition coefficient (Wildman–Crippen LogP) is 4.60. The summed E-state index contributed by atoms with van der Waals surface area (Å²) in [7, 11) is 1.61. The van der Waals surface area contributed by atoms with Crippen molar-refractivity contribution >= 4 is 34.6 Å². The van der Waals surface area contributed by atoms with Gasteiger partial charge in [-0.25, -0.2) is 9.78 Å². The molecule has 7 nitrogen and oxygen atoms in total. The van der Waals surface area contributed by atoms with Crippen molar-refractivity contribution in [2.75, 3.05) is 17.7 Å². The van der Waals surface area contributed by atoms with Crippen molar-refractivity contribution < 1.29 is 14.3 Å². The van der Waals surface area contributed by atoms with Gasteiger partial charge in [-0.3, -0.25) is 4.79 Å². The fraction of sp³-hybridized carbons (Fsp3) is 0.190. The number of rotatable bonds is 6. The van der Waals surface area contributed by atoms with Crippen LogP contribution in [0.3, 0.4) is 0 Å². The fourth-order valence-corrected chi connectivity index (χ4v) is 3.36. The number of benzene rings is 2. The van der Waals surface area contributed by atoms with Crippen LogP contribution in [-0.2, 0) is 0 Å². The minimum absolute atomic E-state index is 0.00290. The van der Waals surface area contributed by atoms with Gasteiger partial charge in [-0.2, -0.15) is 0 Å². The Bertz CT molecular complexity index is 999. The monoisotopic (exact) mass is 410 g/mol. The molecule has 0 aliphatic carbocycles. The Morgan fingerprint density at radius 3 is 2.28 bits per heavy atom. The highest BCUT2D eigenvalue weighted by atomic mass is 32.1. The second-order valence-corrected chi connectivity index (χ2v) is 7.38. The lowest BCUT2D eigenvalue weighted by atomic mass is 10.2. The van der Waals surface area contributed by atoms with E-state index in [1.54, 1.807) is 36.8 Å². The summed E-state index contributed by atoms with van der Waals surface area (Å²) in [6, 6.07) is 14.2. The average Bonchev–Trinajstić information content (AvgIpc) is 3.19. The van der Waals surface area contributed by atoms with Gasteiger partial charge in [-0.05, 0) is 50.2 Å². The summed E-state index contributed by atoms with van der Waals surface area (Å²) in [6.45, 7) is 3.74. The summed E-state index contributed by atoms with van der Waals surface area (Å²) < 4.78 is 5.16. The number of methoxy groups -OCH3 is 1. The van der Waals surface area contributed by atoms with E-state index >= 15 is 0 Å².